The first-order valence-electron chi connectivity index (χ1n) is 5.33. The van der Waals surface area contributed by atoms with Crippen LogP contribution in [0.5, 0.6) is 0 Å². The van der Waals surface area contributed by atoms with Crippen LogP contribution >= 0.6 is 15.9 Å². The van der Waals surface area contributed by atoms with Gasteiger partial charge in [-0.2, -0.15) is 0 Å². The summed E-state index contributed by atoms with van der Waals surface area (Å²) in [5.74, 6) is 0.110. The molecule has 0 saturated carbocycles. The van der Waals surface area contributed by atoms with E-state index in [4.69, 9.17) is 0 Å². The molecule has 1 saturated heterocycles. The lowest BCUT2D eigenvalue weighted by molar-refractivity contribution is -0.120. The summed E-state index contributed by atoms with van der Waals surface area (Å²) in [6.07, 6.45) is 2.57. The van der Waals surface area contributed by atoms with Crippen molar-refractivity contribution in [1.82, 2.24) is 10.3 Å². The minimum atomic E-state index is 0.0482. The van der Waals surface area contributed by atoms with E-state index in [9.17, 15) is 4.79 Å². The molecule has 1 aliphatic rings. The molecule has 1 amide bonds. The maximum atomic E-state index is 12.0. The van der Waals surface area contributed by atoms with Crippen molar-refractivity contribution in [2.45, 2.75) is 19.4 Å². The van der Waals surface area contributed by atoms with Crippen molar-refractivity contribution in [2.24, 2.45) is 5.92 Å². The fourth-order valence-electron chi connectivity index (χ4n) is 1.92. The SMILES string of the molecule is CC1NCCC1C(=O)Nc1cccnc1Br. The summed E-state index contributed by atoms with van der Waals surface area (Å²) in [4.78, 5) is 16.0. The highest BCUT2D eigenvalue weighted by Gasteiger charge is 2.29. The maximum absolute atomic E-state index is 12.0. The van der Waals surface area contributed by atoms with E-state index in [1.165, 1.54) is 0 Å². The van der Waals surface area contributed by atoms with Crippen LogP contribution in [0.3, 0.4) is 0 Å². The normalized spacial score (nSPS) is 24.4. The summed E-state index contributed by atoms with van der Waals surface area (Å²) in [5, 5.41) is 6.16. The molecular formula is C11H14BrN3O. The molecule has 2 heterocycles. The van der Waals surface area contributed by atoms with Crippen molar-refractivity contribution >= 4 is 27.5 Å². The third-order valence-corrected chi connectivity index (χ3v) is 3.51. The average Bonchev–Trinajstić information content (AvgIpc) is 2.68. The second-order valence-corrected chi connectivity index (χ2v) is 4.72. The van der Waals surface area contributed by atoms with Crippen LogP contribution in [0, 0.1) is 5.92 Å². The first kappa shape index (κ1) is 11.5. The van der Waals surface area contributed by atoms with Crippen LogP contribution < -0.4 is 10.6 Å². The van der Waals surface area contributed by atoms with Crippen molar-refractivity contribution in [3.05, 3.63) is 22.9 Å². The van der Waals surface area contributed by atoms with Gasteiger partial charge in [0.05, 0.1) is 11.6 Å². The van der Waals surface area contributed by atoms with E-state index in [1.54, 1.807) is 12.3 Å². The number of aromatic nitrogens is 1. The summed E-state index contributed by atoms with van der Waals surface area (Å²) >= 11 is 3.31. The predicted molar refractivity (Wildman–Crippen MR) is 66.1 cm³/mol. The molecule has 0 aliphatic carbocycles. The van der Waals surface area contributed by atoms with E-state index in [0.29, 0.717) is 4.60 Å². The molecule has 2 rings (SSSR count). The Balaban J connectivity index is 2.05. The Bertz CT molecular complexity index is 397. The number of carbonyl (C=O) groups is 1. The van der Waals surface area contributed by atoms with E-state index in [1.807, 2.05) is 13.0 Å². The molecule has 0 radical (unpaired) electrons. The summed E-state index contributed by atoms with van der Waals surface area (Å²) < 4.78 is 0.668. The van der Waals surface area contributed by atoms with Gasteiger partial charge in [0.15, 0.2) is 0 Å². The first-order chi connectivity index (χ1) is 7.68. The van der Waals surface area contributed by atoms with Crippen molar-refractivity contribution in [3.63, 3.8) is 0 Å². The summed E-state index contributed by atoms with van der Waals surface area (Å²) in [6, 6.07) is 3.88. The third kappa shape index (κ3) is 2.41. The summed E-state index contributed by atoms with van der Waals surface area (Å²) in [6.45, 7) is 2.95. The predicted octanol–water partition coefficient (Wildman–Crippen LogP) is 1.78. The standard InChI is InChI=1S/C11H14BrN3O/c1-7-8(4-6-13-7)11(16)15-9-3-2-5-14-10(9)12/h2-3,5,7-8,13H,4,6H2,1H3,(H,15,16). The Morgan fingerprint density at radius 2 is 2.50 bits per heavy atom. The number of halogens is 1. The molecule has 0 spiro atoms. The van der Waals surface area contributed by atoms with E-state index in [0.717, 1.165) is 18.7 Å². The lowest BCUT2D eigenvalue weighted by Crippen LogP contribution is -2.32. The van der Waals surface area contributed by atoms with Crippen LogP contribution in [-0.2, 0) is 4.79 Å². The van der Waals surface area contributed by atoms with Gasteiger partial charge in [-0.15, -0.1) is 0 Å². The third-order valence-electron chi connectivity index (χ3n) is 2.88. The molecular weight excluding hydrogens is 270 g/mol. The average molecular weight is 284 g/mol. The Kier molecular flexibility index (Phi) is 3.56. The van der Waals surface area contributed by atoms with Gasteiger partial charge in [-0.3, -0.25) is 4.79 Å². The van der Waals surface area contributed by atoms with Crippen LogP contribution in [0.2, 0.25) is 0 Å². The minimum absolute atomic E-state index is 0.0482. The molecule has 1 aliphatic heterocycles. The molecule has 16 heavy (non-hydrogen) atoms. The Hall–Kier alpha value is -0.940. The minimum Gasteiger partial charge on any atom is -0.323 e. The van der Waals surface area contributed by atoms with Gasteiger partial charge in [0, 0.05) is 12.2 Å². The number of nitrogens with zero attached hydrogens (tertiary/aromatic N) is 1. The topological polar surface area (TPSA) is 54.0 Å². The molecule has 0 aromatic carbocycles. The number of pyridine rings is 1. The zero-order valence-electron chi connectivity index (χ0n) is 9.03. The monoisotopic (exact) mass is 283 g/mol. The number of carbonyl (C=O) groups excluding carboxylic acids is 1. The fraction of sp³-hybridized carbons (Fsp3) is 0.455. The highest BCUT2D eigenvalue weighted by Crippen LogP contribution is 2.22. The second kappa shape index (κ2) is 4.93. The molecule has 5 heteroatoms. The van der Waals surface area contributed by atoms with Gasteiger partial charge in [0.2, 0.25) is 5.91 Å². The molecule has 1 aromatic rings. The summed E-state index contributed by atoms with van der Waals surface area (Å²) in [7, 11) is 0. The van der Waals surface area contributed by atoms with Gasteiger partial charge in [-0.1, -0.05) is 0 Å². The van der Waals surface area contributed by atoms with E-state index >= 15 is 0 Å². The van der Waals surface area contributed by atoms with Gasteiger partial charge < -0.3 is 10.6 Å². The largest absolute Gasteiger partial charge is 0.323 e. The molecule has 2 unspecified atom stereocenters. The van der Waals surface area contributed by atoms with Gasteiger partial charge >= 0.3 is 0 Å². The maximum Gasteiger partial charge on any atom is 0.229 e. The second-order valence-electron chi connectivity index (χ2n) is 3.97. The van der Waals surface area contributed by atoms with Crippen molar-refractivity contribution in [2.75, 3.05) is 11.9 Å². The highest BCUT2D eigenvalue weighted by atomic mass is 79.9. The smallest absolute Gasteiger partial charge is 0.229 e. The molecule has 1 aromatic heterocycles. The van der Waals surface area contributed by atoms with Gasteiger partial charge in [0.1, 0.15) is 4.60 Å². The number of hydrogen-bond acceptors (Lipinski definition) is 3. The molecule has 86 valence electrons. The van der Waals surface area contributed by atoms with Crippen molar-refractivity contribution in [3.8, 4) is 0 Å². The molecule has 2 atom stereocenters. The van der Waals surface area contributed by atoms with Gasteiger partial charge in [-0.05, 0) is 48.0 Å². The Morgan fingerprint density at radius 3 is 3.12 bits per heavy atom. The van der Waals surface area contributed by atoms with E-state index < -0.39 is 0 Å². The molecule has 2 N–H and O–H groups in total. The van der Waals surface area contributed by atoms with E-state index in [2.05, 4.69) is 31.5 Å². The lowest BCUT2D eigenvalue weighted by atomic mass is 10.0. The van der Waals surface area contributed by atoms with Crippen molar-refractivity contribution < 1.29 is 4.79 Å². The zero-order chi connectivity index (χ0) is 11.5. The van der Waals surface area contributed by atoms with Gasteiger partial charge in [-0.25, -0.2) is 4.98 Å². The number of anilines is 1. The lowest BCUT2D eigenvalue weighted by Gasteiger charge is -2.15. The van der Waals surface area contributed by atoms with Crippen molar-refractivity contribution in [1.29, 1.82) is 0 Å². The molecule has 0 bridgehead atoms. The number of rotatable bonds is 2. The Morgan fingerprint density at radius 1 is 1.69 bits per heavy atom. The summed E-state index contributed by atoms with van der Waals surface area (Å²) in [5.41, 5.74) is 0.728. The molecule has 1 fully saturated rings. The number of amides is 1. The highest BCUT2D eigenvalue weighted by molar-refractivity contribution is 9.10. The van der Waals surface area contributed by atoms with E-state index in [-0.39, 0.29) is 17.9 Å². The van der Waals surface area contributed by atoms with Crippen LogP contribution in [0.4, 0.5) is 5.69 Å². The fourth-order valence-corrected chi connectivity index (χ4v) is 2.27. The van der Waals surface area contributed by atoms with Crippen LogP contribution in [0.1, 0.15) is 13.3 Å². The quantitative estimate of drug-likeness (QED) is 0.814. The van der Waals surface area contributed by atoms with Crippen LogP contribution in [0.25, 0.3) is 0 Å². The van der Waals surface area contributed by atoms with Crippen LogP contribution in [-0.4, -0.2) is 23.5 Å². The first-order valence-corrected chi connectivity index (χ1v) is 6.12. The number of hydrogen-bond donors (Lipinski definition) is 2. The van der Waals surface area contributed by atoms with Gasteiger partial charge in [0.25, 0.3) is 0 Å². The zero-order valence-corrected chi connectivity index (χ0v) is 10.6. The molecule has 4 nitrogen and oxygen atoms in total. The Labute approximate surface area is 103 Å². The number of nitrogens with one attached hydrogen (secondary N) is 2. The van der Waals surface area contributed by atoms with Crippen LogP contribution in [0.15, 0.2) is 22.9 Å².